The summed E-state index contributed by atoms with van der Waals surface area (Å²) in [5.74, 6) is 0.349. The first-order valence-corrected chi connectivity index (χ1v) is 7.61. The van der Waals surface area contributed by atoms with Crippen LogP contribution in [0.3, 0.4) is 0 Å². The van der Waals surface area contributed by atoms with Crippen LogP contribution in [0.5, 0.6) is 0 Å². The number of hydrogen-bond acceptors (Lipinski definition) is 4. The molecule has 0 radical (unpaired) electrons. The second-order valence-corrected chi connectivity index (χ2v) is 5.97. The molecule has 1 saturated carbocycles. The monoisotopic (exact) mass is 327 g/mol. The van der Waals surface area contributed by atoms with Gasteiger partial charge in [-0.25, -0.2) is 4.79 Å². The number of amides is 2. The summed E-state index contributed by atoms with van der Waals surface area (Å²) in [6.07, 6.45) is 7.79. The summed E-state index contributed by atoms with van der Waals surface area (Å²) >= 11 is 0. The number of oxazole rings is 1. The van der Waals surface area contributed by atoms with Gasteiger partial charge in [0.1, 0.15) is 5.54 Å². The van der Waals surface area contributed by atoms with Gasteiger partial charge in [-0.2, -0.15) is 0 Å². The number of carbonyl (C=O) groups is 2. The van der Waals surface area contributed by atoms with E-state index in [-0.39, 0.29) is 0 Å². The van der Waals surface area contributed by atoms with Gasteiger partial charge in [-0.05, 0) is 37.0 Å². The van der Waals surface area contributed by atoms with Crippen LogP contribution in [-0.2, 0) is 16.6 Å². The minimum atomic E-state index is -1.14. The van der Waals surface area contributed by atoms with Gasteiger partial charge in [-0.3, -0.25) is 19.1 Å². The lowest BCUT2D eigenvalue weighted by molar-refractivity contribution is -0.126. The Hall–Kier alpha value is -3.01. The number of fused-ring (bicyclic) bond motifs is 1. The first-order valence-electron chi connectivity index (χ1n) is 7.61. The molecule has 7 nitrogen and oxygen atoms in total. The molecule has 1 aliphatic rings. The lowest BCUT2D eigenvalue weighted by Gasteiger charge is -2.37. The average Bonchev–Trinajstić information content (AvgIpc) is 3.15. The van der Waals surface area contributed by atoms with E-state index in [2.05, 4.69) is 5.92 Å². The molecule has 3 rings (SSSR count). The highest BCUT2D eigenvalue weighted by atomic mass is 16.4. The van der Waals surface area contributed by atoms with Crippen LogP contribution in [0.4, 0.5) is 5.69 Å². The van der Waals surface area contributed by atoms with Crippen LogP contribution in [0.1, 0.15) is 25.7 Å². The Morgan fingerprint density at radius 3 is 2.62 bits per heavy atom. The van der Waals surface area contributed by atoms with E-state index in [1.54, 1.807) is 25.2 Å². The minimum absolute atomic E-state index is 0.388. The third-order valence-electron chi connectivity index (χ3n) is 4.68. The van der Waals surface area contributed by atoms with Crippen molar-refractivity contribution in [1.82, 2.24) is 4.57 Å². The standard InChI is InChI=1S/C17H17N3O4/c1-3-14(21)20(17(15(18)22)8-4-5-9-17)11-6-7-13-12(10-11)19(2)16(23)24-13/h1,6-7,10H,4-5,8-9H2,2H3,(H2,18,22). The molecule has 2 N–H and O–H groups in total. The highest BCUT2D eigenvalue weighted by Gasteiger charge is 2.47. The number of hydrogen-bond donors (Lipinski definition) is 1. The van der Waals surface area contributed by atoms with Crippen molar-refractivity contribution in [1.29, 1.82) is 0 Å². The van der Waals surface area contributed by atoms with Crippen LogP contribution in [-0.4, -0.2) is 21.9 Å². The second kappa shape index (κ2) is 5.57. The van der Waals surface area contributed by atoms with Crippen molar-refractivity contribution in [2.75, 3.05) is 4.90 Å². The highest BCUT2D eigenvalue weighted by molar-refractivity contribution is 6.11. The van der Waals surface area contributed by atoms with Gasteiger partial charge < -0.3 is 10.2 Å². The number of carbonyl (C=O) groups excluding carboxylic acids is 2. The number of primary amides is 1. The fourth-order valence-corrected chi connectivity index (χ4v) is 3.42. The Bertz CT molecular complexity index is 925. The Balaban J connectivity index is 2.22. The summed E-state index contributed by atoms with van der Waals surface area (Å²) in [4.78, 5) is 37.5. The molecular weight excluding hydrogens is 310 g/mol. The third kappa shape index (κ3) is 2.19. The van der Waals surface area contributed by atoms with E-state index in [9.17, 15) is 14.4 Å². The summed E-state index contributed by atoms with van der Waals surface area (Å²) < 4.78 is 6.41. The van der Waals surface area contributed by atoms with Crippen LogP contribution in [0, 0.1) is 12.3 Å². The van der Waals surface area contributed by atoms with E-state index in [1.807, 2.05) is 0 Å². The lowest BCUT2D eigenvalue weighted by Crippen LogP contribution is -2.58. The predicted octanol–water partition coefficient (Wildman–Crippen LogP) is 0.896. The van der Waals surface area contributed by atoms with Crippen LogP contribution >= 0.6 is 0 Å². The summed E-state index contributed by atoms with van der Waals surface area (Å²) in [5, 5.41) is 0. The first-order chi connectivity index (χ1) is 11.4. The Labute approximate surface area is 138 Å². The Kier molecular flexibility index (Phi) is 3.68. The third-order valence-corrected chi connectivity index (χ3v) is 4.68. The second-order valence-electron chi connectivity index (χ2n) is 5.97. The summed E-state index contributed by atoms with van der Waals surface area (Å²) in [5.41, 5.74) is 5.81. The molecule has 0 spiro atoms. The maximum atomic E-state index is 12.4. The van der Waals surface area contributed by atoms with Gasteiger partial charge in [-0.1, -0.05) is 12.8 Å². The molecule has 0 aliphatic heterocycles. The summed E-state index contributed by atoms with van der Waals surface area (Å²) in [6.45, 7) is 0. The van der Waals surface area contributed by atoms with E-state index < -0.39 is 23.1 Å². The molecule has 2 amide bonds. The molecule has 0 bridgehead atoms. The summed E-state index contributed by atoms with van der Waals surface area (Å²) in [6, 6.07) is 4.79. The molecule has 124 valence electrons. The molecule has 0 saturated heterocycles. The lowest BCUT2D eigenvalue weighted by atomic mass is 9.93. The smallest absolute Gasteiger partial charge is 0.408 e. The number of nitrogens with two attached hydrogens (primary N) is 1. The number of anilines is 1. The zero-order chi connectivity index (χ0) is 17.5. The zero-order valence-corrected chi connectivity index (χ0v) is 13.2. The number of nitrogens with zero attached hydrogens (tertiary/aromatic N) is 2. The molecule has 1 heterocycles. The quantitative estimate of drug-likeness (QED) is 0.847. The highest BCUT2D eigenvalue weighted by Crippen LogP contribution is 2.39. The van der Waals surface area contributed by atoms with Gasteiger partial charge in [0.15, 0.2) is 5.58 Å². The van der Waals surface area contributed by atoms with E-state index in [0.717, 1.165) is 12.8 Å². The molecular formula is C17H17N3O4. The molecule has 1 fully saturated rings. The number of aromatic nitrogens is 1. The molecule has 0 atom stereocenters. The molecule has 1 aromatic carbocycles. The molecule has 24 heavy (non-hydrogen) atoms. The number of aryl methyl sites for hydroxylation is 1. The molecule has 7 heteroatoms. The van der Waals surface area contributed by atoms with E-state index in [0.29, 0.717) is 29.6 Å². The van der Waals surface area contributed by atoms with Crippen LogP contribution in [0.2, 0.25) is 0 Å². The average molecular weight is 327 g/mol. The van der Waals surface area contributed by atoms with Crippen molar-refractivity contribution in [3.05, 3.63) is 28.7 Å². The van der Waals surface area contributed by atoms with Crippen molar-refractivity contribution in [3.63, 3.8) is 0 Å². The predicted molar refractivity (Wildman–Crippen MR) is 88.2 cm³/mol. The van der Waals surface area contributed by atoms with E-state index in [1.165, 1.54) is 9.47 Å². The van der Waals surface area contributed by atoms with Gasteiger partial charge in [0, 0.05) is 12.7 Å². The van der Waals surface area contributed by atoms with E-state index in [4.69, 9.17) is 16.6 Å². The normalized spacial score (nSPS) is 16.0. The topological polar surface area (TPSA) is 98.5 Å². The van der Waals surface area contributed by atoms with Gasteiger partial charge in [0.2, 0.25) is 5.91 Å². The van der Waals surface area contributed by atoms with Crippen LogP contribution in [0.15, 0.2) is 27.4 Å². The number of benzene rings is 1. The minimum Gasteiger partial charge on any atom is -0.408 e. The van der Waals surface area contributed by atoms with Crippen molar-refractivity contribution in [2.45, 2.75) is 31.2 Å². The zero-order valence-electron chi connectivity index (χ0n) is 13.2. The SMILES string of the molecule is C#CC(=O)N(c1ccc2oc(=O)n(C)c2c1)C1(C(N)=O)CCCC1. The first kappa shape index (κ1) is 15.9. The van der Waals surface area contributed by atoms with Crippen molar-refractivity contribution < 1.29 is 14.0 Å². The van der Waals surface area contributed by atoms with Crippen LogP contribution < -0.4 is 16.4 Å². The largest absolute Gasteiger partial charge is 0.419 e. The molecule has 1 aliphatic carbocycles. The maximum absolute atomic E-state index is 12.4. The fourth-order valence-electron chi connectivity index (χ4n) is 3.42. The Morgan fingerprint density at radius 2 is 2.04 bits per heavy atom. The Morgan fingerprint density at radius 1 is 1.38 bits per heavy atom. The van der Waals surface area contributed by atoms with Crippen molar-refractivity contribution in [3.8, 4) is 12.3 Å². The van der Waals surface area contributed by atoms with Gasteiger partial charge >= 0.3 is 11.7 Å². The van der Waals surface area contributed by atoms with E-state index >= 15 is 0 Å². The maximum Gasteiger partial charge on any atom is 0.419 e. The number of rotatable bonds is 3. The van der Waals surface area contributed by atoms with Crippen molar-refractivity contribution >= 4 is 28.6 Å². The van der Waals surface area contributed by atoms with Gasteiger partial charge in [0.05, 0.1) is 5.52 Å². The molecule has 0 unspecified atom stereocenters. The molecule has 1 aromatic heterocycles. The van der Waals surface area contributed by atoms with Gasteiger partial charge in [0.25, 0.3) is 0 Å². The summed E-state index contributed by atoms with van der Waals surface area (Å²) in [7, 11) is 1.56. The van der Waals surface area contributed by atoms with Crippen molar-refractivity contribution in [2.24, 2.45) is 12.8 Å². The number of terminal acetylenes is 1. The molecule has 2 aromatic rings. The van der Waals surface area contributed by atoms with Gasteiger partial charge in [-0.15, -0.1) is 6.42 Å². The van der Waals surface area contributed by atoms with Crippen LogP contribution in [0.25, 0.3) is 11.1 Å². The fraction of sp³-hybridized carbons (Fsp3) is 0.353.